The van der Waals surface area contributed by atoms with Crippen LogP contribution in [0.5, 0.6) is 5.88 Å². The highest BCUT2D eigenvalue weighted by atomic mass is 79.9. The number of aromatic nitrogens is 1. The molecule has 3 rings (SSSR count). The van der Waals surface area contributed by atoms with Gasteiger partial charge in [0.25, 0.3) is 5.91 Å². The zero-order valence-corrected chi connectivity index (χ0v) is 15.3. The van der Waals surface area contributed by atoms with Crippen LogP contribution < -0.4 is 4.74 Å². The van der Waals surface area contributed by atoms with Crippen LogP contribution in [0.2, 0.25) is 0 Å². The van der Waals surface area contributed by atoms with Crippen LogP contribution in [0.15, 0.2) is 47.1 Å². The van der Waals surface area contributed by atoms with Crippen molar-refractivity contribution >= 4 is 21.8 Å². The van der Waals surface area contributed by atoms with Gasteiger partial charge < -0.3 is 9.64 Å². The number of halogens is 4. The van der Waals surface area contributed by atoms with Gasteiger partial charge in [0, 0.05) is 37.7 Å². The second kappa shape index (κ2) is 7.65. The summed E-state index contributed by atoms with van der Waals surface area (Å²) in [5.74, 6) is 0.101. The number of piperidine rings is 1. The van der Waals surface area contributed by atoms with Gasteiger partial charge >= 0.3 is 6.18 Å². The summed E-state index contributed by atoms with van der Waals surface area (Å²) in [6, 6.07) is 8.13. The third-order valence-electron chi connectivity index (χ3n) is 4.17. The molecule has 0 N–H and O–H groups in total. The first-order valence-electron chi connectivity index (χ1n) is 8.08. The van der Waals surface area contributed by atoms with Crippen molar-refractivity contribution in [3.05, 3.63) is 58.2 Å². The van der Waals surface area contributed by atoms with E-state index in [1.165, 1.54) is 12.1 Å². The number of hydrogen-bond acceptors (Lipinski definition) is 3. The van der Waals surface area contributed by atoms with Crippen LogP contribution in [0.3, 0.4) is 0 Å². The van der Waals surface area contributed by atoms with Crippen molar-refractivity contribution in [2.75, 3.05) is 13.1 Å². The van der Waals surface area contributed by atoms with E-state index in [0.29, 0.717) is 31.8 Å². The number of pyridine rings is 1. The molecule has 1 amide bonds. The highest BCUT2D eigenvalue weighted by Gasteiger charge is 2.32. The molecule has 0 radical (unpaired) electrons. The minimum Gasteiger partial charge on any atom is -0.473 e. The van der Waals surface area contributed by atoms with Crippen LogP contribution in [0.1, 0.15) is 28.8 Å². The summed E-state index contributed by atoms with van der Waals surface area (Å²) in [6.07, 6.45) is -1.74. The number of likely N-dealkylation sites (tertiary alicyclic amines) is 1. The van der Waals surface area contributed by atoms with Crippen molar-refractivity contribution in [3.8, 4) is 5.88 Å². The number of nitrogens with zero attached hydrogens (tertiary/aromatic N) is 2. The normalized spacial score (nSPS) is 15.8. The molecule has 0 bridgehead atoms. The van der Waals surface area contributed by atoms with E-state index in [1.54, 1.807) is 17.2 Å². The number of amides is 1. The van der Waals surface area contributed by atoms with Gasteiger partial charge in [-0.25, -0.2) is 4.98 Å². The Bertz CT molecular complexity index is 790. The Morgan fingerprint density at radius 2 is 1.92 bits per heavy atom. The third kappa shape index (κ3) is 4.35. The summed E-state index contributed by atoms with van der Waals surface area (Å²) in [4.78, 5) is 18.2. The number of carbonyl (C=O) groups is 1. The summed E-state index contributed by atoms with van der Waals surface area (Å²) in [7, 11) is 0. The molecule has 138 valence electrons. The highest BCUT2D eigenvalue weighted by Crippen LogP contribution is 2.30. The fourth-order valence-electron chi connectivity index (χ4n) is 2.80. The number of carbonyl (C=O) groups excluding carboxylic acids is 1. The van der Waals surface area contributed by atoms with E-state index in [4.69, 9.17) is 4.74 Å². The van der Waals surface area contributed by atoms with Gasteiger partial charge in [0.2, 0.25) is 5.88 Å². The smallest absolute Gasteiger partial charge is 0.416 e. The fraction of sp³-hybridized carbons (Fsp3) is 0.333. The molecule has 2 heterocycles. The summed E-state index contributed by atoms with van der Waals surface area (Å²) in [6.45, 7) is 0.842. The van der Waals surface area contributed by atoms with Gasteiger partial charge in [-0.15, -0.1) is 0 Å². The first kappa shape index (κ1) is 18.7. The van der Waals surface area contributed by atoms with E-state index in [1.807, 2.05) is 6.07 Å². The average molecular weight is 429 g/mol. The van der Waals surface area contributed by atoms with Crippen molar-refractivity contribution in [1.82, 2.24) is 9.88 Å². The largest absolute Gasteiger partial charge is 0.473 e. The quantitative estimate of drug-likeness (QED) is 0.720. The van der Waals surface area contributed by atoms with E-state index < -0.39 is 17.6 Å². The van der Waals surface area contributed by atoms with Crippen molar-refractivity contribution in [1.29, 1.82) is 0 Å². The molecule has 2 aromatic rings. The SMILES string of the molecule is O=C(c1cccc(C(F)(F)F)c1)N1CCC(Oc2ncccc2Br)CC1. The van der Waals surface area contributed by atoms with E-state index in [9.17, 15) is 18.0 Å². The van der Waals surface area contributed by atoms with E-state index >= 15 is 0 Å². The van der Waals surface area contributed by atoms with Gasteiger partial charge in [-0.1, -0.05) is 6.07 Å². The minimum atomic E-state index is -4.47. The van der Waals surface area contributed by atoms with Crippen molar-refractivity contribution in [2.24, 2.45) is 0 Å². The van der Waals surface area contributed by atoms with Gasteiger partial charge in [-0.05, 0) is 46.3 Å². The van der Waals surface area contributed by atoms with Crippen LogP contribution in [-0.4, -0.2) is 35.0 Å². The average Bonchev–Trinajstić information content (AvgIpc) is 2.63. The lowest BCUT2D eigenvalue weighted by Crippen LogP contribution is -2.42. The minimum absolute atomic E-state index is 0.0478. The molecule has 0 unspecified atom stereocenters. The second-order valence-electron chi connectivity index (χ2n) is 5.98. The topological polar surface area (TPSA) is 42.4 Å². The third-order valence-corrected chi connectivity index (χ3v) is 4.77. The van der Waals surface area contributed by atoms with Gasteiger partial charge in [-0.3, -0.25) is 4.79 Å². The highest BCUT2D eigenvalue weighted by molar-refractivity contribution is 9.10. The number of rotatable bonds is 3. The monoisotopic (exact) mass is 428 g/mol. The zero-order valence-electron chi connectivity index (χ0n) is 13.7. The number of benzene rings is 1. The molecule has 4 nitrogen and oxygen atoms in total. The molecular formula is C18H16BrF3N2O2. The van der Waals surface area contributed by atoms with Crippen LogP contribution >= 0.6 is 15.9 Å². The molecule has 0 saturated carbocycles. The standard InChI is InChI=1S/C18H16BrF3N2O2/c19-15-5-2-8-23-16(15)26-14-6-9-24(10-7-14)17(25)12-3-1-4-13(11-12)18(20,21)22/h1-5,8,11,14H,6-7,9-10H2. The summed E-state index contributed by atoms with van der Waals surface area (Å²) >= 11 is 3.37. The maximum absolute atomic E-state index is 12.8. The lowest BCUT2D eigenvalue weighted by Gasteiger charge is -2.32. The molecule has 8 heteroatoms. The Morgan fingerprint density at radius 1 is 1.19 bits per heavy atom. The molecule has 0 aliphatic carbocycles. The molecule has 1 aromatic carbocycles. The molecule has 0 spiro atoms. The molecule has 26 heavy (non-hydrogen) atoms. The lowest BCUT2D eigenvalue weighted by atomic mass is 10.0. The van der Waals surface area contributed by atoms with Crippen LogP contribution in [0.25, 0.3) is 0 Å². The Labute approximate surface area is 157 Å². The Morgan fingerprint density at radius 3 is 2.58 bits per heavy atom. The number of alkyl halides is 3. The molecule has 1 saturated heterocycles. The molecule has 1 aromatic heterocycles. The first-order valence-corrected chi connectivity index (χ1v) is 8.87. The van der Waals surface area contributed by atoms with Crippen LogP contribution in [0.4, 0.5) is 13.2 Å². The van der Waals surface area contributed by atoms with Gasteiger partial charge in [-0.2, -0.15) is 13.2 Å². The van der Waals surface area contributed by atoms with Crippen LogP contribution in [-0.2, 0) is 6.18 Å². The predicted molar refractivity (Wildman–Crippen MR) is 92.9 cm³/mol. The van der Waals surface area contributed by atoms with Crippen molar-refractivity contribution in [3.63, 3.8) is 0 Å². The van der Waals surface area contributed by atoms with E-state index in [2.05, 4.69) is 20.9 Å². The molecular weight excluding hydrogens is 413 g/mol. The lowest BCUT2D eigenvalue weighted by molar-refractivity contribution is -0.137. The first-order chi connectivity index (χ1) is 12.3. The Balaban J connectivity index is 1.61. The van der Waals surface area contributed by atoms with Crippen LogP contribution in [0, 0.1) is 0 Å². The van der Waals surface area contributed by atoms with E-state index in [0.717, 1.165) is 16.6 Å². The Kier molecular flexibility index (Phi) is 5.50. The van der Waals surface area contributed by atoms with Gasteiger partial charge in [0.1, 0.15) is 6.10 Å². The summed E-state index contributed by atoms with van der Waals surface area (Å²) < 4.78 is 45.0. The van der Waals surface area contributed by atoms with Gasteiger partial charge in [0.05, 0.1) is 10.0 Å². The van der Waals surface area contributed by atoms with Gasteiger partial charge in [0.15, 0.2) is 0 Å². The molecule has 1 aliphatic heterocycles. The Hall–Kier alpha value is -2.09. The van der Waals surface area contributed by atoms with Crippen molar-refractivity contribution < 1.29 is 22.7 Å². The number of ether oxygens (including phenoxy) is 1. The van der Waals surface area contributed by atoms with E-state index in [-0.39, 0.29) is 11.7 Å². The summed E-state index contributed by atoms with van der Waals surface area (Å²) in [5, 5.41) is 0. The molecule has 1 aliphatic rings. The maximum Gasteiger partial charge on any atom is 0.416 e. The second-order valence-corrected chi connectivity index (χ2v) is 6.83. The molecule has 1 fully saturated rings. The maximum atomic E-state index is 12.8. The molecule has 0 atom stereocenters. The predicted octanol–water partition coefficient (Wildman–Crippen LogP) is 4.55. The summed E-state index contributed by atoms with van der Waals surface area (Å²) in [5.41, 5.74) is -0.770. The zero-order chi connectivity index (χ0) is 18.7. The van der Waals surface area contributed by atoms with Crippen molar-refractivity contribution in [2.45, 2.75) is 25.1 Å². The number of hydrogen-bond donors (Lipinski definition) is 0. The fourth-order valence-corrected chi connectivity index (χ4v) is 3.15.